The van der Waals surface area contributed by atoms with Crippen molar-refractivity contribution in [2.75, 3.05) is 20.8 Å². The number of amides is 1. The molecule has 7 nitrogen and oxygen atoms in total. The second-order valence-electron chi connectivity index (χ2n) is 9.47. The molecule has 198 valence electrons. The van der Waals surface area contributed by atoms with Gasteiger partial charge in [0, 0.05) is 23.8 Å². The summed E-state index contributed by atoms with van der Waals surface area (Å²) < 4.78 is 72.6. The highest BCUT2D eigenvalue weighted by atomic mass is 32.1. The molecule has 1 amide bonds. The van der Waals surface area contributed by atoms with E-state index in [4.69, 9.17) is 18.3 Å². The number of thiophene rings is 1. The summed E-state index contributed by atoms with van der Waals surface area (Å²) in [5, 5.41) is 3.57. The lowest BCUT2D eigenvalue weighted by Crippen LogP contribution is -2.51. The number of rotatable bonds is 10. The average Bonchev–Trinajstić information content (AvgIpc) is 3.04. The zero-order valence-corrected chi connectivity index (χ0v) is 22.7. The first kappa shape index (κ1) is 29.6. The first-order valence-corrected chi connectivity index (χ1v) is 13.2. The third kappa shape index (κ3) is 8.46. The van der Waals surface area contributed by atoms with Crippen molar-refractivity contribution in [3.63, 3.8) is 0 Å². The van der Waals surface area contributed by atoms with E-state index in [1.165, 1.54) is 37.7 Å². The van der Waals surface area contributed by atoms with Crippen LogP contribution in [-0.4, -0.2) is 38.1 Å². The number of alkyl carbamates (subject to hydrolysis) is 1. The Morgan fingerprint density at radius 3 is 2.29 bits per heavy atom. The van der Waals surface area contributed by atoms with Crippen LogP contribution in [0.2, 0.25) is 0 Å². The Balaban J connectivity index is 2.19. The third-order valence-electron chi connectivity index (χ3n) is 5.27. The second kappa shape index (κ2) is 11.2. The molecular formula is C23H33F3NO6PS. The number of nitrogens with one attached hydrogen (secondary N) is 1. The van der Waals surface area contributed by atoms with Gasteiger partial charge in [0.25, 0.3) is 0 Å². The van der Waals surface area contributed by atoms with Gasteiger partial charge in [-0.25, -0.2) is 9.36 Å². The Labute approximate surface area is 207 Å². The van der Waals surface area contributed by atoms with Gasteiger partial charge in [0.2, 0.25) is 0 Å². The quantitative estimate of drug-likeness (QED) is 0.320. The number of phosphoric acid groups is 1. The number of aryl methyl sites for hydroxylation is 2. The van der Waals surface area contributed by atoms with Gasteiger partial charge in [-0.3, -0.25) is 13.6 Å². The monoisotopic (exact) mass is 539 g/mol. The lowest BCUT2D eigenvalue weighted by molar-refractivity contribution is -0.137. The standard InChI is InChI=1S/C23H33F3NO6PS/c1-15-17(18-11-10-16(23(24,25)26)13-19(18)35-15)9-8-12-22(5,14-32-34(29,30-6)31-7)27-20(28)33-21(2,3)4/h10-11,13H,8-9,12,14H2,1-7H3,(H,27,28)/t22-/m1/s1. The molecule has 0 aliphatic heterocycles. The number of hydrogen-bond acceptors (Lipinski definition) is 7. The van der Waals surface area contributed by atoms with E-state index in [1.807, 2.05) is 6.92 Å². The number of hydrogen-bond donors (Lipinski definition) is 1. The smallest absolute Gasteiger partial charge is 0.444 e. The van der Waals surface area contributed by atoms with E-state index in [0.29, 0.717) is 24.0 Å². The van der Waals surface area contributed by atoms with E-state index < -0.39 is 36.8 Å². The van der Waals surface area contributed by atoms with Crippen LogP contribution >= 0.6 is 19.2 Å². The summed E-state index contributed by atoms with van der Waals surface area (Å²) >= 11 is 1.32. The highest BCUT2D eigenvalue weighted by Crippen LogP contribution is 2.48. The largest absolute Gasteiger partial charge is 0.474 e. The number of alkyl halides is 3. The van der Waals surface area contributed by atoms with Crippen molar-refractivity contribution in [3.05, 3.63) is 34.2 Å². The Bertz CT molecular complexity index is 1070. The molecule has 1 heterocycles. The SMILES string of the molecule is COP(=O)(OC)OC[C@@](C)(CCCc1c(C)sc2cc(C(F)(F)F)ccc12)NC(=O)OC(C)(C)C. The maximum Gasteiger partial charge on any atom is 0.474 e. The molecule has 1 N–H and O–H groups in total. The summed E-state index contributed by atoms with van der Waals surface area (Å²) in [5.41, 5.74) is -1.43. The van der Waals surface area contributed by atoms with Crippen LogP contribution in [0.4, 0.5) is 18.0 Å². The summed E-state index contributed by atoms with van der Waals surface area (Å²) in [6, 6.07) is 3.77. The van der Waals surface area contributed by atoms with Crippen LogP contribution in [0.5, 0.6) is 0 Å². The first-order chi connectivity index (χ1) is 16.0. The molecule has 35 heavy (non-hydrogen) atoms. The van der Waals surface area contributed by atoms with Crippen LogP contribution < -0.4 is 5.32 Å². The van der Waals surface area contributed by atoms with Crippen molar-refractivity contribution >= 4 is 35.3 Å². The van der Waals surface area contributed by atoms with Gasteiger partial charge >= 0.3 is 20.1 Å². The van der Waals surface area contributed by atoms with Crippen LogP contribution in [0.1, 0.15) is 56.5 Å². The molecule has 0 fully saturated rings. The lowest BCUT2D eigenvalue weighted by Gasteiger charge is -2.32. The normalized spacial score (nSPS) is 14.7. The van der Waals surface area contributed by atoms with E-state index >= 15 is 0 Å². The van der Waals surface area contributed by atoms with E-state index in [0.717, 1.165) is 21.9 Å². The maximum absolute atomic E-state index is 13.1. The molecule has 12 heteroatoms. The minimum atomic E-state index is -4.40. The number of halogens is 3. The number of phosphoric ester groups is 1. The Morgan fingerprint density at radius 2 is 1.74 bits per heavy atom. The Hall–Kier alpha value is -1.65. The first-order valence-electron chi connectivity index (χ1n) is 11.0. The van der Waals surface area contributed by atoms with Gasteiger partial charge in [-0.15, -0.1) is 11.3 Å². The zero-order valence-electron chi connectivity index (χ0n) is 21.0. The van der Waals surface area contributed by atoms with Crippen molar-refractivity contribution in [1.29, 1.82) is 0 Å². The number of carbonyl (C=O) groups is 1. The molecule has 0 aliphatic rings. The highest BCUT2D eigenvalue weighted by molar-refractivity contribution is 7.48. The minimum absolute atomic E-state index is 0.177. The van der Waals surface area contributed by atoms with Gasteiger partial charge < -0.3 is 10.1 Å². The van der Waals surface area contributed by atoms with Crippen LogP contribution in [0, 0.1) is 6.92 Å². The molecule has 2 rings (SSSR count). The molecule has 0 aliphatic carbocycles. The Kier molecular flexibility index (Phi) is 9.44. The van der Waals surface area contributed by atoms with Crippen LogP contribution in [0.25, 0.3) is 10.1 Å². The minimum Gasteiger partial charge on any atom is -0.444 e. The summed E-state index contributed by atoms with van der Waals surface area (Å²) in [6.45, 7) is 8.63. The molecule has 2 aromatic rings. The van der Waals surface area contributed by atoms with E-state index in [2.05, 4.69) is 5.32 Å². The molecule has 0 bridgehead atoms. The summed E-state index contributed by atoms with van der Waals surface area (Å²) in [5.74, 6) is 0. The number of benzene rings is 1. The highest BCUT2D eigenvalue weighted by Gasteiger charge is 2.34. The molecule has 1 aromatic carbocycles. The number of ether oxygens (including phenoxy) is 1. The summed E-state index contributed by atoms with van der Waals surface area (Å²) in [7, 11) is -1.40. The summed E-state index contributed by atoms with van der Waals surface area (Å²) in [6.07, 6.45) is -3.53. The molecular weight excluding hydrogens is 506 g/mol. The molecule has 0 radical (unpaired) electrons. The van der Waals surface area contributed by atoms with Crippen molar-refractivity contribution in [2.45, 2.75) is 71.2 Å². The van der Waals surface area contributed by atoms with Crippen molar-refractivity contribution in [2.24, 2.45) is 0 Å². The van der Waals surface area contributed by atoms with E-state index in [-0.39, 0.29) is 6.61 Å². The zero-order chi connectivity index (χ0) is 26.7. The third-order valence-corrected chi connectivity index (χ3v) is 7.72. The van der Waals surface area contributed by atoms with E-state index in [1.54, 1.807) is 27.7 Å². The van der Waals surface area contributed by atoms with Gasteiger partial charge in [0.1, 0.15) is 5.60 Å². The number of fused-ring (bicyclic) bond motifs is 1. The van der Waals surface area contributed by atoms with Gasteiger partial charge in [-0.1, -0.05) is 6.07 Å². The fourth-order valence-electron chi connectivity index (χ4n) is 3.54. The lowest BCUT2D eigenvalue weighted by atomic mass is 9.93. The van der Waals surface area contributed by atoms with Crippen molar-refractivity contribution in [3.8, 4) is 0 Å². The van der Waals surface area contributed by atoms with Crippen LogP contribution in [0.3, 0.4) is 0 Å². The summed E-state index contributed by atoms with van der Waals surface area (Å²) in [4.78, 5) is 13.4. The van der Waals surface area contributed by atoms with E-state index in [9.17, 15) is 22.5 Å². The van der Waals surface area contributed by atoms with Gasteiger partial charge in [0.15, 0.2) is 0 Å². The fraction of sp³-hybridized carbons (Fsp3) is 0.609. The van der Waals surface area contributed by atoms with Crippen LogP contribution in [0.15, 0.2) is 18.2 Å². The van der Waals surface area contributed by atoms with Crippen LogP contribution in [-0.2, 0) is 35.5 Å². The van der Waals surface area contributed by atoms with Crippen molar-refractivity contribution < 1.29 is 40.8 Å². The predicted octanol–water partition coefficient (Wildman–Crippen LogP) is 7.25. The molecule has 0 saturated carbocycles. The molecule has 0 unspecified atom stereocenters. The molecule has 0 spiro atoms. The second-order valence-corrected chi connectivity index (χ2v) is 12.6. The predicted molar refractivity (Wildman–Crippen MR) is 130 cm³/mol. The maximum atomic E-state index is 13.1. The fourth-order valence-corrected chi connectivity index (χ4v) is 5.49. The van der Waals surface area contributed by atoms with Gasteiger partial charge in [-0.05, 0) is 77.0 Å². The number of carbonyl (C=O) groups excluding carboxylic acids is 1. The molecule has 1 atom stereocenters. The van der Waals surface area contributed by atoms with Gasteiger partial charge in [-0.2, -0.15) is 13.2 Å². The Morgan fingerprint density at radius 1 is 1.11 bits per heavy atom. The topological polar surface area (TPSA) is 83.1 Å². The average molecular weight is 540 g/mol. The van der Waals surface area contributed by atoms with Crippen molar-refractivity contribution in [1.82, 2.24) is 5.32 Å². The molecule has 1 aromatic heterocycles. The van der Waals surface area contributed by atoms with Gasteiger partial charge in [0.05, 0.1) is 17.7 Å². The molecule has 0 saturated heterocycles.